The summed E-state index contributed by atoms with van der Waals surface area (Å²) in [5.41, 5.74) is 3.78. The van der Waals surface area contributed by atoms with Gasteiger partial charge in [0.2, 0.25) is 0 Å². The Morgan fingerprint density at radius 1 is 1.06 bits per heavy atom. The van der Waals surface area contributed by atoms with Gasteiger partial charge in [0.25, 0.3) is 5.91 Å². The Hall–Kier alpha value is -2.97. The summed E-state index contributed by atoms with van der Waals surface area (Å²) < 4.78 is 5.91. The van der Waals surface area contributed by atoms with Crippen molar-refractivity contribution in [1.29, 1.82) is 5.26 Å². The first-order valence-electron chi connectivity index (χ1n) is 9.64. The molecule has 162 valence electrons. The van der Waals surface area contributed by atoms with E-state index in [2.05, 4.69) is 5.32 Å². The van der Waals surface area contributed by atoms with Gasteiger partial charge in [-0.25, -0.2) is 0 Å². The SMILES string of the molecule is Cc1cccc(NC(=O)/C(C#N)=C/c2cc(Cl)ccc2OCc2ccc(Cl)cc2Cl)c1C. The third-order valence-corrected chi connectivity index (χ3v) is 5.71. The molecule has 0 spiro atoms. The second-order valence-corrected chi connectivity index (χ2v) is 8.36. The van der Waals surface area contributed by atoms with Crippen LogP contribution >= 0.6 is 34.8 Å². The summed E-state index contributed by atoms with van der Waals surface area (Å²) in [6.45, 7) is 4.04. The van der Waals surface area contributed by atoms with Crippen LogP contribution in [0.2, 0.25) is 15.1 Å². The van der Waals surface area contributed by atoms with Crippen molar-refractivity contribution in [3.05, 3.63) is 97.5 Å². The Morgan fingerprint density at radius 2 is 1.78 bits per heavy atom. The summed E-state index contributed by atoms with van der Waals surface area (Å²) in [6, 6.07) is 17.6. The highest BCUT2D eigenvalue weighted by Crippen LogP contribution is 2.28. The summed E-state index contributed by atoms with van der Waals surface area (Å²) >= 11 is 18.3. The number of carbonyl (C=O) groups excluding carboxylic acids is 1. The molecule has 0 aliphatic carbocycles. The van der Waals surface area contributed by atoms with Crippen LogP contribution in [0.25, 0.3) is 6.08 Å². The van der Waals surface area contributed by atoms with Crippen LogP contribution < -0.4 is 10.1 Å². The maximum Gasteiger partial charge on any atom is 0.266 e. The lowest BCUT2D eigenvalue weighted by atomic mass is 10.1. The van der Waals surface area contributed by atoms with Crippen molar-refractivity contribution in [2.75, 3.05) is 5.32 Å². The van der Waals surface area contributed by atoms with E-state index in [0.717, 1.165) is 16.7 Å². The maximum absolute atomic E-state index is 12.8. The Balaban J connectivity index is 1.86. The monoisotopic (exact) mass is 484 g/mol. The molecule has 32 heavy (non-hydrogen) atoms. The van der Waals surface area contributed by atoms with Crippen LogP contribution in [0, 0.1) is 25.2 Å². The van der Waals surface area contributed by atoms with Crippen LogP contribution in [-0.4, -0.2) is 5.91 Å². The number of nitriles is 1. The standard InChI is InChI=1S/C25H19Cl3N2O2/c1-15-4-3-5-23(16(15)2)30-25(31)19(13-29)10-18-11-20(26)8-9-24(18)32-14-17-6-7-21(27)12-22(17)28/h3-12H,14H2,1-2H3,(H,30,31)/b19-10+. The average Bonchev–Trinajstić information content (AvgIpc) is 2.75. The zero-order valence-electron chi connectivity index (χ0n) is 17.4. The highest BCUT2D eigenvalue weighted by atomic mass is 35.5. The first-order valence-corrected chi connectivity index (χ1v) is 10.8. The van der Waals surface area contributed by atoms with Crippen LogP contribution in [0.15, 0.2) is 60.2 Å². The quantitative estimate of drug-likeness (QED) is 0.292. The molecule has 4 nitrogen and oxygen atoms in total. The van der Waals surface area contributed by atoms with E-state index in [4.69, 9.17) is 39.5 Å². The van der Waals surface area contributed by atoms with Crippen molar-refractivity contribution in [3.8, 4) is 11.8 Å². The number of benzene rings is 3. The smallest absolute Gasteiger partial charge is 0.266 e. The van der Waals surface area contributed by atoms with Gasteiger partial charge in [-0.15, -0.1) is 0 Å². The fraction of sp³-hybridized carbons (Fsp3) is 0.120. The molecule has 0 aromatic heterocycles. The van der Waals surface area contributed by atoms with E-state index in [1.54, 1.807) is 42.5 Å². The lowest BCUT2D eigenvalue weighted by Crippen LogP contribution is -2.14. The number of amides is 1. The van der Waals surface area contributed by atoms with Crippen molar-refractivity contribution in [2.24, 2.45) is 0 Å². The molecule has 0 aliphatic heterocycles. The first-order chi connectivity index (χ1) is 15.3. The predicted molar refractivity (Wildman–Crippen MR) is 130 cm³/mol. The lowest BCUT2D eigenvalue weighted by Gasteiger charge is -2.12. The molecule has 0 aliphatic rings. The van der Waals surface area contributed by atoms with Gasteiger partial charge in [-0.05, 0) is 67.4 Å². The van der Waals surface area contributed by atoms with Crippen molar-refractivity contribution in [2.45, 2.75) is 20.5 Å². The van der Waals surface area contributed by atoms with Gasteiger partial charge < -0.3 is 10.1 Å². The summed E-state index contributed by atoms with van der Waals surface area (Å²) in [7, 11) is 0. The first kappa shape index (κ1) is 23.7. The molecule has 0 heterocycles. The van der Waals surface area contributed by atoms with Crippen LogP contribution in [0.5, 0.6) is 5.75 Å². The van der Waals surface area contributed by atoms with E-state index in [9.17, 15) is 10.1 Å². The van der Waals surface area contributed by atoms with Gasteiger partial charge in [0.05, 0.1) is 0 Å². The molecule has 0 radical (unpaired) electrons. The molecular formula is C25H19Cl3N2O2. The van der Waals surface area contributed by atoms with E-state index in [1.165, 1.54) is 6.08 Å². The van der Waals surface area contributed by atoms with E-state index in [0.29, 0.717) is 32.1 Å². The third kappa shape index (κ3) is 5.83. The minimum absolute atomic E-state index is 0.0810. The average molecular weight is 486 g/mol. The number of hydrogen-bond donors (Lipinski definition) is 1. The molecule has 3 aromatic rings. The topological polar surface area (TPSA) is 62.1 Å². The largest absolute Gasteiger partial charge is 0.488 e. The molecule has 0 unspecified atom stereocenters. The van der Waals surface area contributed by atoms with Crippen molar-refractivity contribution >= 4 is 52.5 Å². The molecule has 0 saturated heterocycles. The van der Waals surface area contributed by atoms with E-state index < -0.39 is 5.91 Å². The summed E-state index contributed by atoms with van der Waals surface area (Å²) in [5, 5.41) is 13.9. The maximum atomic E-state index is 12.8. The molecule has 0 atom stereocenters. The van der Waals surface area contributed by atoms with Crippen LogP contribution in [0.1, 0.15) is 22.3 Å². The highest BCUT2D eigenvalue weighted by molar-refractivity contribution is 6.35. The normalized spacial score (nSPS) is 11.1. The summed E-state index contributed by atoms with van der Waals surface area (Å²) in [5.74, 6) is -0.0689. The lowest BCUT2D eigenvalue weighted by molar-refractivity contribution is -0.112. The number of rotatable bonds is 6. The minimum atomic E-state index is -0.520. The Bertz CT molecular complexity index is 1250. The Morgan fingerprint density at radius 3 is 2.50 bits per heavy atom. The predicted octanol–water partition coefficient (Wildman–Crippen LogP) is 7.39. The number of anilines is 1. The second-order valence-electron chi connectivity index (χ2n) is 7.08. The second kappa shape index (κ2) is 10.6. The highest BCUT2D eigenvalue weighted by Gasteiger charge is 2.14. The van der Waals surface area contributed by atoms with Crippen LogP contribution in [-0.2, 0) is 11.4 Å². The van der Waals surface area contributed by atoms with Crippen LogP contribution in [0.4, 0.5) is 5.69 Å². The number of ether oxygens (including phenoxy) is 1. The van der Waals surface area contributed by atoms with Gasteiger partial charge in [-0.3, -0.25) is 4.79 Å². The van der Waals surface area contributed by atoms with Gasteiger partial charge in [-0.2, -0.15) is 5.26 Å². The van der Waals surface area contributed by atoms with E-state index in [-0.39, 0.29) is 12.2 Å². The molecule has 3 rings (SSSR count). The van der Waals surface area contributed by atoms with Crippen molar-refractivity contribution in [1.82, 2.24) is 0 Å². The fourth-order valence-electron chi connectivity index (χ4n) is 2.94. The zero-order valence-corrected chi connectivity index (χ0v) is 19.6. The third-order valence-electron chi connectivity index (χ3n) is 4.89. The molecule has 7 heteroatoms. The van der Waals surface area contributed by atoms with Crippen molar-refractivity contribution in [3.63, 3.8) is 0 Å². The van der Waals surface area contributed by atoms with Gasteiger partial charge in [-0.1, -0.05) is 53.0 Å². The molecular weight excluding hydrogens is 467 g/mol. The summed E-state index contributed by atoms with van der Waals surface area (Å²) in [6.07, 6.45) is 1.45. The molecule has 0 fully saturated rings. The Kier molecular flexibility index (Phi) is 7.82. The number of nitrogens with zero attached hydrogens (tertiary/aromatic N) is 1. The van der Waals surface area contributed by atoms with Gasteiger partial charge >= 0.3 is 0 Å². The zero-order chi connectivity index (χ0) is 23.3. The molecule has 1 N–H and O–H groups in total. The van der Waals surface area contributed by atoms with E-state index in [1.807, 2.05) is 32.0 Å². The number of aryl methyl sites for hydroxylation is 1. The molecule has 0 bridgehead atoms. The van der Waals surface area contributed by atoms with E-state index >= 15 is 0 Å². The van der Waals surface area contributed by atoms with Gasteiger partial charge in [0.15, 0.2) is 0 Å². The molecule has 0 saturated carbocycles. The van der Waals surface area contributed by atoms with Crippen molar-refractivity contribution < 1.29 is 9.53 Å². The molecule has 1 amide bonds. The Labute approximate surface area is 202 Å². The van der Waals surface area contributed by atoms with Crippen LogP contribution in [0.3, 0.4) is 0 Å². The van der Waals surface area contributed by atoms with Gasteiger partial charge in [0.1, 0.15) is 24.0 Å². The molecule has 3 aromatic carbocycles. The number of halogens is 3. The number of hydrogen-bond acceptors (Lipinski definition) is 3. The number of carbonyl (C=O) groups is 1. The number of nitrogens with one attached hydrogen (secondary N) is 1. The minimum Gasteiger partial charge on any atom is -0.488 e. The fourth-order valence-corrected chi connectivity index (χ4v) is 3.58. The van der Waals surface area contributed by atoms with Gasteiger partial charge in [0, 0.05) is 31.9 Å². The summed E-state index contributed by atoms with van der Waals surface area (Å²) in [4.78, 5) is 12.8.